The van der Waals surface area contributed by atoms with Gasteiger partial charge in [0.15, 0.2) is 6.61 Å². The molecule has 0 heterocycles. The van der Waals surface area contributed by atoms with Crippen LogP contribution in [0.15, 0.2) is 83.3 Å². The zero-order valence-corrected chi connectivity index (χ0v) is 22.5. The largest absolute Gasteiger partial charge is 0.497 e. The molecule has 0 saturated carbocycles. The molecule has 0 aromatic heterocycles. The van der Waals surface area contributed by atoms with Gasteiger partial charge in [-0.15, -0.1) is 0 Å². The number of carbonyl (C=O) groups is 2. The van der Waals surface area contributed by atoms with Crippen LogP contribution in [0.3, 0.4) is 0 Å². The van der Waals surface area contributed by atoms with Gasteiger partial charge in [0.25, 0.3) is 5.91 Å². The third-order valence-electron chi connectivity index (χ3n) is 5.64. The highest BCUT2D eigenvalue weighted by atomic mass is 79.9. The molecule has 7 heteroatoms. The molecule has 0 saturated heterocycles. The smallest absolute Gasteiger partial charge is 0.261 e. The van der Waals surface area contributed by atoms with Gasteiger partial charge in [0.05, 0.1) is 7.11 Å². The number of ether oxygens (including phenoxy) is 2. The summed E-state index contributed by atoms with van der Waals surface area (Å²) in [5.74, 6) is 1.10. The van der Waals surface area contributed by atoms with Crippen molar-refractivity contribution in [3.63, 3.8) is 0 Å². The molecule has 0 aliphatic rings. The Balaban J connectivity index is 1.87. The van der Waals surface area contributed by atoms with Crippen molar-refractivity contribution in [1.29, 1.82) is 0 Å². The first-order chi connectivity index (χ1) is 17.4. The lowest BCUT2D eigenvalue weighted by atomic mass is 10.0. The molecule has 3 aromatic carbocycles. The maximum atomic E-state index is 13.6. The van der Waals surface area contributed by atoms with Crippen LogP contribution in [0.1, 0.15) is 25.0 Å². The molecule has 0 radical (unpaired) electrons. The number of nitrogens with one attached hydrogen (secondary N) is 1. The maximum absolute atomic E-state index is 13.6. The number of methoxy groups -OCH3 is 1. The average Bonchev–Trinajstić information content (AvgIpc) is 2.89. The fraction of sp³-hybridized carbons (Fsp3) is 0.310. The zero-order valence-electron chi connectivity index (χ0n) is 20.9. The minimum Gasteiger partial charge on any atom is -0.497 e. The highest BCUT2D eigenvalue weighted by molar-refractivity contribution is 9.10. The Hall–Kier alpha value is -3.32. The molecule has 36 heavy (non-hydrogen) atoms. The summed E-state index contributed by atoms with van der Waals surface area (Å²) in [6.45, 7) is 4.71. The van der Waals surface area contributed by atoms with Gasteiger partial charge in [-0.2, -0.15) is 0 Å². The molecule has 0 aliphatic heterocycles. The second kappa shape index (κ2) is 13.7. The summed E-state index contributed by atoms with van der Waals surface area (Å²) >= 11 is 3.46. The van der Waals surface area contributed by atoms with Gasteiger partial charge in [0.2, 0.25) is 5.91 Å². The number of benzene rings is 3. The van der Waals surface area contributed by atoms with Crippen molar-refractivity contribution in [3.8, 4) is 11.5 Å². The fourth-order valence-corrected chi connectivity index (χ4v) is 3.93. The molecule has 0 fully saturated rings. The van der Waals surface area contributed by atoms with E-state index in [1.807, 2.05) is 68.4 Å². The summed E-state index contributed by atoms with van der Waals surface area (Å²) in [4.78, 5) is 28.6. The Morgan fingerprint density at radius 2 is 1.53 bits per heavy atom. The van der Waals surface area contributed by atoms with E-state index in [9.17, 15) is 9.59 Å². The van der Waals surface area contributed by atoms with Crippen molar-refractivity contribution in [1.82, 2.24) is 10.2 Å². The number of hydrogen-bond acceptors (Lipinski definition) is 4. The monoisotopic (exact) mass is 552 g/mol. The van der Waals surface area contributed by atoms with Gasteiger partial charge >= 0.3 is 0 Å². The molecule has 1 unspecified atom stereocenters. The molecular formula is C29H33BrN2O4. The molecule has 190 valence electrons. The van der Waals surface area contributed by atoms with Crippen LogP contribution < -0.4 is 14.8 Å². The zero-order chi connectivity index (χ0) is 25.9. The summed E-state index contributed by atoms with van der Waals surface area (Å²) in [5.41, 5.74) is 1.90. The van der Waals surface area contributed by atoms with Crippen LogP contribution in [0.4, 0.5) is 0 Å². The van der Waals surface area contributed by atoms with E-state index in [2.05, 4.69) is 21.2 Å². The molecule has 1 atom stereocenters. The van der Waals surface area contributed by atoms with Crippen molar-refractivity contribution in [2.24, 2.45) is 5.92 Å². The van der Waals surface area contributed by atoms with Gasteiger partial charge in [-0.1, -0.05) is 72.2 Å². The Bertz CT molecular complexity index is 1100. The number of rotatable bonds is 12. The number of nitrogens with zero attached hydrogens (tertiary/aromatic N) is 1. The minimum absolute atomic E-state index is 0.178. The van der Waals surface area contributed by atoms with Crippen LogP contribution in [0.2, 0.25) is 0 Å². The van der Waals surface area contributed by atoms with Crippen LogP contribution >= 0.6 is 15.9 Å². The van der Waals surface area contributed by atoms with Gasteiger partial charge < -0.3 is 19.7 Å². The molecule has 0 aliphatic carbocycles. The SMILES string of the molecule is COc1ccc(OCC(=O)N(Cc2ccc(Br)cc2)C(Cc2ccccc2)C(=O)NCC(C)C)cc1. The molecule has 3 rings (SSSR count). The lowest BCUT2D eigenvalue weighted by Gasteiger charge is -2.31. The number of carbonyl (C=O) groups excluding carboxylic acids is 2. The maximum Gasteiger partial charge on any atom is 0.261 e. The van der Waals surface area contributed by atoms with Gasteiger partial charge in [-0.3, -0.25) is 9.59 Å². The van der Waals surface area contributed by atoms with Gasteiger partial charge in [-0.05, 0) is 53.4 Å². The topological polar surface area (TPSA) is 67.9 Å². The highest BCUT2D eigenvalue weighted by Crippen LogP contribution is 2.19. The molecule has 1 N–H and O–H groups in total. The minimum atomic E-state index is -0.693. The van der Waals surface area contributed by atoms with Crippen LogP contribution in [-0.4, -0.2) is 43.0 Å². The number of hydrogen-bond donors (Lipinski definition) is 1. The summed E-state index contributed by atoms with van der Waals surface area (Å²) in [7, 11) is 1.59. The van der Waals surface area contributed by atoms with E-state index >= 15 is 0 Å². The molecular weight excluding hydrogens is 520 g/mol. The summed E-state index contributed by atoms with van der Waals surface area (Å²) in [6.07, 6.45) is 0.398. The quantitative estimate of drug-likeness (QED) is 0.333. The van der Waals surface area contributed by atoms with E-state index in [0.29, 0.717) is 30.4 Å². The number of halogens is 1. The lowest BCUT2D eigenvalue weighted by molar-refractivity contribution is -0.142. The molecule has 2 amide bonds. The van der Waals surface area contributed by atoms with E-state index in [0.717, 1.165) is 15.6 Å². The van der Waals surface area contributed by atoms with E-state index < -0.39 is 6.04 Å². The molecule has 0 bridgehead atoms. The van der Waals surface area contributed by atoms with Crippen LogP contribution in [-0.2, 0) is 22.6 Å². The third-order valence-corrected chi connectivity index (χ3v) is 6.17. The second-order valence-electron chi connectivity index (χ2n) is 8.96. The standard InChI is InChI=1S/C29H33BrN2O4/c1-21(2)18-31-29(34)27(17-22-7-5-4-6-8-22)32(19-23-9-11-24(30)12-10-23)28(33)20-36-26-15-13-25(35-3)14-16-26/h4-16,21,27H,17-20H2,1-3H3,(H,31,34). The molecule has 3 aromatic rings. The van der Waals surface area contributed by atoms with Crippen molar-refractivity contribution >= 4 is 27.7 Å². The predicted octanol–water partition coefficient (Wildman–Crippen LogP) is 5.25. The third kappa shape index (κ3) is 8.41. The summed E-state index contributed by atoms with van der Waals surface area (Å²) in [6, 6.07) is 23.9. The highest BCUT2D eigenvalue weighted by Gasteiger charge is 2.30. The Morgan fingerprint density at radius 1 is 0.889 bits per heavy atom. The summed E-state index contributed by atoms with van der Waals surface area (Å²) in [5, 5.41) is 3.02. The Labute approximate surface area is 221 Å². The van der Waals surface area contributed by atoms with Crippen LogP contribution in [0.25, 0.3) is 0 Å². The van der Waals surface area contributed by atoms with Gasteiger partial charge in [0, 0.05) is 24.0 Å². The lowest BCUT2D eigenvalue weighted by Crippen LogP contribution is -2.52. The fourth-order valence-electron chi connectivity index (χ4n) is 3.66. The molecule has 6 nitrogen and oxygen atoms in total. The van der Waals surface area contributed by atoms with E-state index in [4.69, 9.17) is 9.47 Å². The first kappa shape index (κ1) is 27.3. The normalized spacial score (nSPS) is 11.6. The first-order valence-corrected chi connectivity index (χ1v) is 12.8. The average molecular weight is 553 g/mol. The first-order valence-electron chi connectivity index (χ1n) is 12.0. The Kier molecular flexibility index (Phi) is 10.4. The van der Waals surface area contributed by atoms with Crippen molar-refractivity contribution in [3.05, 3.63) is 94.5 Å². The molecule has 0 spiro atoms. The van der Waals surface area contributed by atoms with Crippen LogP contribution in [0.5, 0.6) is 11.5 Å². The van der Waals surface area contributed by atoms with Crippen molar-refractivity contribution < 1.29 is 19.1 Å². The Morgan fingerprint density at radius 3 is 2.14 bits per heavy atom. The summed E-state index contributed by atoms with van der Waals surface area (Å²) < 4.78 is 11.9. The van der Waals surface area contributed by atoms with E-state index in [1.165, 1.54) is 0 Å². The van der Waals surface area contributed by atoms with Crippen molar-refractivity contribution in [2.45, 2.75) is 32.9 Å². The van der Waals surface area contributed by atoms with Gasteiger partial charge in [-0.25, -0.2) is 0 Å². The van der Waals surface area contributed by atoms with Crippen LogP contribution in [0, 0.1) is 5.92 Å². The van der Waals surface area contributed by atoms with E-state index in [1.54, 1.807) is 36.3 Å². The van der Waals surface area contributed by atoms with Crippen molar-refractivity contribution in [2.75, 3.05) is 20.3 Å². The number of amides is 2. The van der Waals surface area contributed by atoms with E-state index in [-0.39, 0.29) is 25.0 Å². The van der Waals surface area contributed by atoms with Gasteiger partial charge in [0.1, 0.15) is 17.5 Å². The predicted molar refractivity (Wildman–Crippen MR) is 145 cm³/mol. The second-order valence-corrected chi connectivity index (χ2v) is 9.87.